The molecule has 8 nitrogen and oxygen atoms in total. The number of ketones is 1. The lowest BCUT2D eigenvalue weighted by molar-refractivity contribution is -0.160. The first-order valence-corrected chi connectivity index (χ1v) is 13.6. The SMILES string of the molecule is C=CCc1cc(C=CC(=O)c2ccc(OCOC(=O)C(C)(C)C)cc2)c(OC)c(CC=C)c1OCOC(=O)C(C)(C)C. The highest BCUT2D eigenvalue weighted by atomic mass is 16.7. The van der Waals surface area contributed by atoms with Crippen LogP contribution in [-0.2, 0) is 31.9 Å². The van der Waals surface area contributed by atoms with Gasteiger partial charge in [-0.2, -0.15) is 0 Å². The predicted molar refractivity (Wildman–Crippen MR) is 163 cm³/mol. The maximum atomic E-state index is 13.0. The van der Waals surface area contributed by atoms with Crippen molar-refractivity contribution in [1.82, 2.24) is 0 Å². The summed E-state index contributed by atoms with van der Waals surface area (Å²) in [4.78, 5) is 37.1. The zero-order valence-electron chi connectivity index (χ0n) is 25.7. The van der Waals surface area contributed by atoms with Crippen LogP contribution >= 0.6 is 0 Å². The van der Waals surface area contributed by atoms with Gasteiger partial charge in [0, 0.05) is 16.7 Å². The lowest BCUT2D eigenvalue weighted by Gasteiger charge is -2.21. The number of hydrogen-bond donors (Lipinski definition) is 0. The molecule has 0 bridgehead atoms. The van der Waals surface area contributed by atoms with Crippen LogP contribution in [0.5, 0.6) is 17.2 Å². The van der Waals surface area contributed by atoms with Crippen molar-refractivity contribution in [1.29, 1.82) is 0 Å². The largest absolute Gasteiger partial charge is 0.496 e. The molecular formula is C34H42O8. The predicted octanol–water partition coefficient (Wildman–Crippen LogP) is 6.90. The molecule has 0 fully saturated rings. The van der Waals surface area contributed by atoms with Crippen molar-refractivity contribution in [3.8, 4) is 17.2 Å². The summed E-state index contributed by atoms with van der Waals surface area (Å²) < 4.78 is 27.6. The molecule has 0 atom stereocenters. The molecule has 0 unspecified atom stereocenters. The van der Waals surface area contributed by atoms with Crippen molar-refractivity contribution in [2.75, 3.05) is 20.7 Å². The summed E-state index contributed by atoms with van der Waals surface area (Å²) in [7, 11) is 1.54. The molecular weight excluding hydrogens is 536 g/mol. The average Bonchev–Trinajstić information content (AvgIpc) is 2.92. The van der Waals surface area contributed by atoms with E-state index in [9.17, 15) is 14.4 Å². The maximum Gasteiger partial charge on any atom is 0.314 e. The molecule has 2 aromatic carbocycles. The van der Waals surface area contributed by atoms with Gasteiger partial charge in [-0.15, -0.1) is 13.2 Å². The van der Waals surface area contributed by atoms with E-state index >= 15 is 0 Å². The Morgan fingerprint density at radius 3 is 1.83 bits per heavy atom. The second-order valence-electron chi connectivity index (χ2n) is 11.6. The Morgan fingerprint density at radius 2 is 1.33 bits per heavy atom. The summed E-state index contributed by atoms with van der Waals surface area (Å²) in [5.41, 5.74) is 1.32. The number of esters is 2. The molecule has 42 heavy (non-hydrogen) atoms. The summed E-state index contributed by atoms with van der Waals surface area (Å²) >= 11 is 0. The molecule has 2 aromatic rings. The molecule has 0 saturated heterocycles. The zero-order valence-corrected chi connectivity index (χ0v) is 25.7. The van der Waals surface area contributed by atoms with E-state index in [0.717, 1.165) is 5.56 Å². The van der Waals surface area contributed by atoms with E-state index in [1.165, 1.54) is 13.2 Å². The number of carbonyl (C=O) groups is 3. The monoisotopic (exact) mass is 578 g/mol. The lowest BCUT2D eigenvalue weighted by Crippen LogP contribution is -2.25. The van der Waals surface area contributed by atoms with E-state index < -0.39 is 10.8 Å². The fraction of sp³-hybridized carbons (Fsp3) is 0.382. The number of methoxy groups -OCH3 is 1. The Labute approximate surface area is 249 Å². The van der Waals surface area contributed by atoms with Gasteiger partial charge in [0.1, 0.15) is 17.2 Å². The Kier molecular flexibility index (Phi) is 12.1. The van der Waals surface area contributed by atoms with Gasteiger partial charge in [0.2, 0.25) is 13.6 Å². The van der Waals surface area contributed by atoms with Gasteiger partial charge in [0.15, 0.2) is 5.78 Å². The topological polar surface area (TPSA) is 97.4 Å². The highest BCUT2D eigenvalue weighted by Crippen LogP contribution is 2.38. The summed E-state index contributed by atoms with van der Waals surface area (Å²) in [5.74, 6) is 0.508. The maximum absolute atomic E-state index is 13.0. The Morgan fingerprint density at radius 1 is 0.786 bits per heavy atom. The van der Waals surface area contributed by atoms with E-state index in [1.807, 2.05) is 6.07 Å². The third kappa shape index (κ3) is 9.65. The number of hydrogen-bond acceptors (Lipinski definition) is 8. The van der Waals surface area contributed by atoms with Crippen LogP contribution in [0.3, 0.4) is 0 Å². The minimum Gasteiger partial charge on any atom is -0.496 e. The van der Waals surface area contributed by atoms with Crippen LogP contribution in [0.25, 0.3) is 6.08 Å². The van der Waals surface area contributed by atoms with Crippen molar-refractivity contribution in [3.63, 3.8) is 0 Å². The van der Waals surface area contributed by atoms with E-state index in [1.54, 1.807) is 84.0 Å². The lowest BCUT2D eigenvalue weighted by atomic mass is 9.97. The quantitative estimate of drug-likeness (QED) is 0.0785. The molecule has 0 saturated carbocycles. The Hall–Kier alpha value is -4.33. The van der Waals surface area contributed by atoms with Crippen LogP contribution in [0.2, 0.25) is 0 Å². The summed E-state index contributed by atoms with van der Waals surface area (Å²) in [6, 6.07) is 8.39. The molecule has 0 heterocycles. The zero-order chi connectivity index (χ0) is 31.5. The smallest absolute Gasteiger partial charge is 0.314 e. The first-order valence-electron chi connectivity index (χ1n) is 13.6. The van der Waals surface area contributed by atoms with Crippen molar-refractivity contribution in [3.05, 3.63) is 84.0 Å². The van der Waals surface area contributed by atoms with Crippen molar-refractivity contribution in [2.24, 2.45) is 10.8 Å². The third-order valence-corrected chi connectivity index (χ3v) is 5.94. The fourth-order valence-corrected chi connectivity index (χ4v) is 3.67. The third-order valence-electron chi connectivity index (χ3n) is 5.94. The van der Waals surface area contributed by atoms with Gasteiger partial charge in [-0.1, -0.05) is 12.2 Å². The minimum atomic E-state index is -0.662. The molecule has 0 aromatic heterocycles. The molecule has 0 aliphatic carbocycles. The number of ether oxygens (including phenoxy) is 5. The summed E-state index contributed by atoms with van der Waals surface area (Å²) in [5, 5.41) is 0. The minimum absolute atomic E-state index is 0.220. The van der Waals surface area contributed by atoms with Crippen LogP contribution in [-0.4, -0.2) is 38.4 Å². The Bertz CT molecular complexity index is 1310. The first-order chi connectivity index (χ1) is 19.7. The summed E-state index contributed by atoms with van der Waals surface area (Å²) in [6.45, 7) is 17.8. The van der Waals surface area contributed by atoms with Crippen molar-refractivity contribution >= 4 is 23.8 Å². The van der Waals surface area contributed by atoms with Crippen LogP contribution in [0.4, 0.5) is 0 Å². The van der Waals surface area contributed by atoms with E-state index in [0.29, 0.717) is 46.8 Å². The second-order valence-corrected chi connectivity index (χ2v) is 11.6. The Balaban J connectivity index is 2.26. The van der Waals surface area contributed by atoms with Crippen molar-refractivity contribution in [2.45, 2.75) is 54.4 Å². The normalized spacial score (nSPS) is 11.5. The molecule has 2 rings (SSSR count). The second kappa shape index (κ2) is 15.1. The van der Waals surface area contributed by atoms with Gasteiger partial charge >= 0.3 is 11.9 Å². The highest BCUT2D eigenvalue weighted by Gasteiger charge is 2.25. The van der Waals surface area contributed by atoms with Gasteiger partial charge in [-0.25, -0.2) is 0 Å². The molecule has 8 heteroatoms. The highest BCUT2D eigenvalue weighted by molar-refractivity contribution is 6.07. The van der Waals surface area contributed by atoms with Gasteiger partial charge in [0.25, 0.3) is 0 Å². The van der Waals surface area contributed by atoms with E-state index in [-0.39, 0.29) is 31.3 Å². The van der Waals surface area contributed by atoms with Crippen LogP contribution in [0, 0.1) is 10.8 Å². The van der Waals surface area contributed by atoms with Crippen molar-refractivity contribution < 1.29 is 38.1 Å². The molecule has 0 aliphatic heterocycles. The average molecular weight is 579 g/mol. The molecule has 0 N–H and O–H groups in total. The number of benzene rings is 2. The number of allylic oxidation sites excluding steroid dienone is 3. The molecule has 226 valence electrons. The fourth-order valence-electron chi connectivity index (χ4n) is 3.67. The van der Waals surface area contributed by atoms with E-state index in [4.69, 9.17) is 23.7 Å². The number of carbonyl (C=O) groups excluding carboxylic acids is 3. The van der Waals surface area contributed by atoms with Crippen LogP contribution in [0.1, 0.15) is 68.6 Å². The van der Waals surface area contributed by atoms with Gasteiger partial charge in [0.05, 0.1) is 17.9 Å². The first kappa shape index (κ1) is 33.9. The molecule has 0 aliphatic rings. The molecule has 0 spiro atoms. The van der Waals surface area contributed by atoms with Gasteiger partial charge in [-0.3, -0.25) is 14.4 Å². The molecule has 0 radical (unpaired) electrons. The van der Waals surface area contributed by atoms with Gasteiger partial charge in [-0.05, 0) is 102 Å². The molecule has 0 amide bonds. The summed E-state index contributed by atoms with van der Waals surface area (Å²) in [6.07, 6.45) is 7.48. The van der Waals surface area contributed by atoms with E-state index in [2.05, 4.69) is 13.2 Å². The van der Waals surface area contributed by atoms with Gasteiger partial charge < -0.3 is 23.7 Å². The number of rotatable bonds is 14. The van der Waals surface area contributed by atoms with Crippen LogP contribution < -0.4 is 14.2 Å². The standard InChI is InChI=1S/C34H42O8/c1-10-12-24-20-25(29(38-9)27(13-11-2)30(24)40-22-42-32(37)34(6,7)8)16-19-28(35)23-14-17-26(18-15-23)39-21-41-31(36)33(3,4)5/h10-11,14-20H,1-2,12-13,21-22H2,3-9H3. The van der Waals surface area contributed by atoms with Crippen LogP contribution in [0.15, 0.2) is 61.7 Å².